The molecule has 2 rings (SSSR count). The summed E-state index contributed by atoms with van der Waals surface area (Å²) < 4.78 is 0. The van der Waals surface area contributed by atoms with Crippen LogP contribution in [0, 0.1) is 0 Å². The molecule has 1 saturated heterocycles. The van der Waals surface area contributed by atoms with Crippen LogP contribution >= 0.6 is 0 Å². The van der Waals surface area contributed by atoms with Crippen molar-refractivity contribution in [2.75, 3.05) is 7.05 Å². The highest BCUT2D eigenvalue weighted by Crippen LogP contribution is 2.32. The van der Waals surface area contributed by atoms with E-state index in [0.717, 1.165) is 12.1 Å². The van der Waals surface area contributed by atoms with Gasteiger partial charge in [-0.25, -0.2) is 0 Å². The van der Waals surface area contributed by atoms with Gasteiger partial charge in [-0.05, 0) is 33.2 Å². The van der Waals surface area contributed by atoms with E-state index in [0.29, 0.717) is 0 Å². The van der Waals surface area contributed by atoms with E-state index in [4.69, 9.17) is 0 Å². The van der Waals surface area contributed by atoms with Gasteiger partial charge in [-0.2, -0.15) is 0 Å². The van der Waals surface area contributed by atoms with Crippen molar-refractivity contribution in [2.24, 2.45) is 0 Å². The highest BCUT2D eigenvalue weighted by molar-refractivity contribution is 5.14. The Kier molecular flexibility index (Phi) is 1.34. The monoisotopic (exact) mass is 137 g/mol. The number of fused-ring (bicyclic) bond motifs is 2. The van der Waals surface area contributed by atoms with Gasteiger partial charge in [0.05, 0.1) is 0 Å². The Morgan fingerprint density at radius 2 is 2.30 bits per heavy atom. The lowest BCUT2D eigenvalue weighted by atomic mass is 10.0. The van der Waals surface area contributed by atoms with Crippen LogP contribution in [0.2, 0.25) is 0 Å². The third-order valence-electron chi connectivity index (χ3n) is 2.93. The van der Waals surface area contributed by atoms with E-state index in [1.807, 2.05) is 0 Å². The first-order valence-electron chi connectivity index (χ1n) is 4.16. The molecule has 10 heavy (non-hydrogen) atoms. The molecule has 0 N–H and O–H groups in total. The first-order chi connectivity index (χ1) is 4.77. The molecule has 2 aliphatic rings. The summed E-state index contributed by atoms with van der Waals surface area (Å²) >= 11 is 0. The van der Waals surface area contributed by atoms with Crippen LogP contribution in [0.25, 0.3) is 0 Å². The SMILES string of the molecule is CC1=CC2CCC(C1)N2C. The zero-order chi connectivity index (χ0) is 7.14. The second kappa shape index (κ2) is 2.09. The molecule has 0 spiro atoms. The van der Waals surface area contributed by atoms with Crippen LogP contribution in [0.5, 0.6) is 0 Å². The van der Waals surface area contributed by atoms with Gasteiger partial charge < -0.3 is 0 Å². The maximum absolute atomic E-state index is 2.52. The highest BCUT2D eigenvalue weighted by Gasteiger charge is 2.32. The van der Waals surface area contributed by atoms with Crippen molar-refractivity contribution in [3.8, 4) is 0 Å². The molecule has 2 atom stereocenters. The predicted octanol–water partition coefficient (Wildman–Crippen LogP) is 1.80. The van der Waals surface area contributed by atoms with Gasteiger partial charge in [0.15, 0.2) is 0 Å². The first-order valence-corrected chi connectivity index (χ1v) is 4.16. The molecular formula is C9H15N. The molecule has 0 aromatic heterocycles. The van der Waals surface area contributed by atoms with E-state index in [1.54, 1.807) is 5.57 Å². The molecule has 2 aliphatic heterocycles. The summed E-state index contributed by atoms with van der Waals surface area (Å²) in [5.74, 6) is 0. The molecule has 2 unspecified atom stereocenters. The summed E-state index contributed by atoms with van der Waals surface area (Å²) in [6.45, 7) is 2.26. The van der Waals surface area contributed by atoms with Crippen LogP contribution in [0.1, 0.15) is 26.2 Å². The molecule has 0 aromatic carbocycles. The lowest BCUT2D eigenvalue weighted by Gasteiger charge is -2.29. The van der Waals surface area contributed by atoms with Crippen LogP contribution in [0.4, 0.5) is 0 Å². The van der Waals surface area contributed by atoms with Crippen LogP contribution in [0.15, 0.2) is 11.6 Å². The van der Waals surface area contributed by atoms with Crippen molar-refractivity contribution in [1.29, 1.82) is 0 Å². The standard InChI is InChI=1S/C9H15N/c1-7-5-8-3-4-9(6-7)10(8)2/h5,8-9H,3-4,6H2,1-2H3. The van der Waals surface area contributed by atoms with Gasteiger partial charge in [-0.15, -0.1) is 0 Å². The summed E-state index contributed by atoms with van der Waals surface area (Å²) in [5.41, 5.74) is 1.60. The Balaban J connectivity index is 2.24. The van der Waals surface area contributed by atoms with Gasteiger partial charge in [0.2, 0.25) is 0 Å². The molecular weight excluding hydrogens is 122 g/mol. The van der Waals surface area contributed by atoms with Gasteiger partial charge in [0, 0.05) is 12.1 Å². The Labute approximate surface area is 62.7 Å². The molecule has 2 bridgehead atoms. The number of likely N-dealkylation sites (N-methyl/N-ethyl adjacent to an activating group) is 1. The number of hydrogen-bond acceptors (Lipinski definition) is 1. The number of nitrogens with zero attached hydrogens (tertiary/aromatic N) is 1. The van der Waals surface area contributed by atoms with Crippen molar-refractivity contribution >= 4 is 0 Å². The fourth-order valence-corrected chi connectivity index (χ4v) is 2.26. The summed E-state index contributed by atoms with van der Waals surface area (Å²) in [7, 11) is 2.26. The minimum absolute atomic E-state index is 0.777. The third-order valence-corrected chi connectivity index (χ3v) is 2.93. The molecule has 56 valence electrons. The molecule has 1 nitrogen and oxygen atoms in total. The van der Waals surface area contributed by atoms with Gasteiger partial charge in [-0.1, -0.05) is 11.6 Å². The van der Waals surface area contributed by atoms with E-state index in [-0.39, 0.29) is 0 Å². The van der Waals surface area contributed by atoms with Crippen molar-refractivity contribution in [1.82, 2.24) is 4.90 Å². The van der Waals surface area contributed by atoms with Crippen molar-refractivity contribution in [2.45, 2.75) is 38.3 Å². The Hall–Kier alpha value is -0.300. The Bertz CT molecular complexity index is 172. The maximum atomic E-state index is 2.52. The fraction of sp³-hybridized carbons (Fsp3) is 0.778. The van der Waals surface area contributed by atoms with E-state index in [1.165, 1.54) is 19.3 Å². The van der Waals surface area contributed by atoms with Gasteiger partial charge in [0.25, 0.3) is 0 Å². The highest BCUT2D eigenvalue weighted by atomic mass is 15.2. The van der Waals surface area contributed by atoms with Gasteiger partial charge in [0.1, 0.15) is 0 Å². The van der Waals surface area contributed by atoms with Crippen molar-refractivity contribution in [3.63, 3.8) is 0 Å². The molecule has 2 heterocycles. The average Bonchev–Trinajstić information content (AvgIpc) is 2.20. The predicted molar refractivity (Wildman–Crippen MR) is 42.9 cm³/mol. The smallest absolute Gasteiger partial charge is 0.0281 e. The quantitative estimate of drug-likeness (QED) is 0.460. The van der Waals surface area contributed by atoms with Crippen molar-refractivity contribution < 1.29 is 0 Å². The zero-order valence-electron chi connectivity index (χ0n) is 6.80. The number of hydrogen-bond donors (Lipinski definition) is 0. The largest absolute Gasteiger partial charge is 0.297 e. The second-order valence-corrected chi connectivity index (χ2v) is 3.68. The Morgan fingerprint density at radius 1 is 1.50 bits per heavy atom. The molecule has 0 aromatic rings. The molecule has 1 fully saturated rings. The number of rotatable bonds is 0. The van der Waals surface area contributed by atoms with Gasteiger partial charge in [-0.3, -0.25) is 4.90 Å². The summed E-state index contributed by atoms with van der Waals surface area (Å²) in [4.78, 5) is 2.52. The molecule has 0 amide bonds. The minimum Gasteiger partial charge on any atom is -0.297 e. The van der Waals surface area contributed by atoms with Crippen LogP contribution in [-0.2, 0) is 0 Å². The van der Waals surface area contributed by atoms with E-state index in [9.17, 15) is 0 Å². The molecule has 0 radical (unpaired) electrons. The summed E-state index contributed by atoms with van der Waals surface area (Å²) in [6.07, 6.45) is 6.55. The Morgan fingerprint density at radius 3 is 3.00 bits per heavy atom. The third kappa shape index (κ3) is 0.807. The van der Waals surface area contributed by atoms with E-state index >= 15 is 0 Å². The second-order valence-electron chi connectivity index (χ2n) is 3.68. The maximum Gasteiger partial charge on any atom is 0.0281 e. The van der Waals surface area contributed by atoms with Gasteiger partial charge >= 0.3 is 0 Å². The first kappa shape index (κ1) is 6.41. The lowest BCUT2D eigenvalue weighted by molar-refractivity contribution is 0.255. The zero-order valence-corrected chi connectivity index (χ0v) is 6.80. The molecule has 0 saturated carbocycles. The topological polar surface area (TPSA) is 3.24 Å². The summed E-state index contributed by atoms with van der Waals surface area (Å²) in [6, 6.07) is 1.65. The van der Waals surface area contributed by atoms with Crippen LogP contribution < -0.4 is 0 Å². The fourth-order valence-electron chi connectivity index (χ4n) is 2.26. The molecule has 0 aliphatic carbocycles. The molecule has 1 heteroatoms. The lowest BCUT2D eigenvalue weighted by Crippen LogP contribution is -2.34. The van der Waals surface area contributed by atoms with E-state index in [2.05, 4.69) is 24.9 Å². The summed E-state index contributed by atoms with van der Waals surface area (Å²) in [5, 5.41) is 0. The van der Waals surface area contributed by atoms with Crippen LogP contribution in [-0.4, -0.2) is 24.0 Å². The normalized spacial score (nSPS) is 40.0. The van der Waals surface area contributed by atoms with Crippen LogP contribution in [0.3, 0.4) is 0 Å². The average molecular weight is 137 g/mol. The van der Waals surface area contributed by atoms with E-state index < -0.39 is 0 Å². The minimum atomic E-state index is 0.777. The van der Waals surface area contributed by atoms with Crippen molar-refractivity contribution in [3.05, 3.63) is 11.6 Å².